The van der Waals surface area contributed by atoms with E-state index in [2.05, 4.69) is 31.1 Å². The van der Waals surface area contributed by atoms with Crippen LogP contribution >= 0.6 is 38.9 Å². The molecular formula is C17H10BrClN4OS. The van der Waals surface area contributed by atoms with Gasteiger partial charge in [-0.25, -0.2) is 9.38 Å². The van der Waals surface area contributed by atoms with Crippen LogP contribution in [0.4, 0.5) is 11.4 Å². The SMILES string of the molecule is Cc1nc2sc3cccc(Cl)c3n2c(=O)c1N=Nc1ccc(Br)cc1. The molecule has 0 aliphatic rings. The number of hydrogen-bond donors (Lipinski definition) is 0. The number of benzene rings is 2. The highest BCUT2D eigenvalue weighted by Gasteiger charge is 2.16. The number of para-hydroxylation sites is 1. The molecule has 2 aromatic carbocycles. The first-order valence-corrected chi connectivity index (χ1v) is 9.31. The van der Waals surface area contributed by atoms with E-state index < -0.39 is 0 Å². The fourth-order valence-electron chi connectivity index (χ4n) is 2.48. The predicted octanol–water partition coefficient (Wildman–Crippen LogP) is 6.05. The highest BCUT2D eigenvalue weighted by atomic mass is 79.9. The van der Waals surface area contributed by atoms with E-state index in [0.29, 0.717) is 26.9 Å². The highest BCUT2D eigenvalue weighted by molar-refractivity contribution is 9.10. The van der Waals surface area contributed by atoms with Crippen molar-refractivity contribution in [2.24, 2.45) is 10.2 Å². The summed E-state index contributed by atoms with van der Waals surface area (Å²) in [7, 11) is 0. The molecule has 0 saturated carbocycles. The van der Waals surface area contributed by atoms with Crippen molar-refractivity contribution in [1.82, 2.24) is 9.38 Å². The van der Waals surface area contributed by atoms with Crippen LogP contribution in [0.2, 0.25) is 5.02 Å². The lowest BCUT2D eigenvalue weighted by molar-refractivity contribution is 1.04. The summed E-state index contributed by atoms with van der Waals surface area (Å²) in [5, 5.41) is 8.81. The zero-order valence-electron chi connectivity index (χ0n) is 12.9. The molecule has 4 aromatic rings. The molecule has 124 valence electrons. The molecule has 0 amide bonds. The van der Waals surface area contributed by atoms with E-state index in [9.17, 15) is 4.79 Å². The number of azo groups is 1. The molecule has 0 aliphatic heterocycles. The van der Waals surface area contributed by atoms with Gasteiger partial charge in [-0.15, -0.1) is 5.11 Å². The van der Waals surface area contributed by atoms with Crippen molar-refractivity contribution >= 4 is 65.4 Å². The summed E-state index contributed by atoms with van der Waals surface area (Å²) in [4.78, 5) is 18.1. The Hall–Kier alpha value is -2.09. The lowest BCUT2D eigenvalue weighted by Crippen LogP contribution is -2.14. The number of thiazole rings is 1. The lowest BCUT2D eigenvalue weighted by atomic mass is 10.3. The van der Waals surface area contributed by atoms with E-state index in [4.69, 9.17) is 11.6 Å². The summed E-state index contributed by atoms with van der Waals surface area (Å²) in [5.74, 6) is 0. The Balaban J connectivity index is 1.93. The Morgan fingerprint density at radius 2 is 1.92 bits per heavy atom. The van der Waals surface area contributed by atoms with E-state index >= 15 is 0 Å². The molecule has 0 radical (unpaired) electrons. The van der Waals surface area contributed by atoms with Crippen molar-refractivity contribution < 1.29 is 0 Å². The average Bonchev–Trinajstić information content (AvgIpc) is 2.96. The maximum atomic E-state index is 13.0. The van der Waals surface area contributed by atoms with Gasteiger partial charge >= 0.3 is 0 Å². The third kappa shape index (κ3) is 2.88. The molecule has 0 bridgehead atoms. The van der Waals surface area contributed by atoms with Crippen molar-refractivity contribution in [1.29, 1.82) is 0 Å². The zero-order valence-corrected chi connectivity index (χ0v) is 16.1. The minimum atomic E-state index is -0.275. The molecule has 0 unspecified atom stereocenters. The molecule has 25 heavy (non-hydrogen) atoms. The van der Waals surface area contributed by atoms with E-state index in [1.165, 1.54) is 15.7 Å². The monoisotopic (exact) mass is 432 g/mol. The van der Waals surface area contributed by atoms with Gasteiger partial charge in [0.15, 0.2) is 10.6 Å². The summed E-state index contributed by atoms with van der Waals surface area (Å²) in [6.07, 6.45) is 0. The van der Waals surface area contributed by atoms with Crippen LogP contribution in [0.25, 0.3) is 15.2 Å². The summed E-state index contributed by atoms with van der Waals surface area (Å²) in [6, 6.07) is 12.9. The van der Waals surface area contributed by atoms with E-state index in [1.807, 2.05) is 36.4 Å². The molecular weight excluding hydrogens is 424 g/mol. The molecule has 0 atom stereocenters. The molecule has 5 nitrogen and oxygen atoms in total. The first-order valence-electron chi connectivity index (χ1n) is 7.32. The largest absolute Gasteiger partial charge is 0.287 e. The lowest BCUT2D eigenvalue weighted by Gasteiger charge is -2.01. The van der Waals surface area contributed by atoms with Gasteiger partial charge in [0.05, 0.1) is 26.6 Å². The van der Waals surface area contributed by atoms with Crippen LogP contribution in [0.3, 0.4) is 0 Å². The average molecular weight is 434 g/mol. The van der Waals surface area contributed by atoms with Crippen LogP contribution < -0.4 is 5.56 Å². The Kier molecular flexibility index (Phi) is 4.15. The van der Waals surface area contributed by atoms with Gasteiger partial charge in [0, 0.05) is 4.47 Å². The maximum absolute atomic E-state index is 13.0. The Morgan fingerprint density at radius 3 is 2.68 bits per heavy atom. The van der Waals surface area contributed by atoms with Crippen LogP contribution in [0.1, 0.15) is 5.69 Å². The van der Waals surface area contributed by atoms with Crippen molar-refractivity contribution in [3.63, 3.8) is 0 Å². The molecule has 4 rings (SSSR count). The Labute approximate surface area is 159 Å². The maximum Gasteiger partial charge on any atom is 0.287 e. The highest BCUT2D eigenvalue weighted by Crippen LogP contribution is 2.31. The van der Waals surface area contributed by atoms with Gasteiger partial charge in [0.2, 0.25) is 0 Å². The molecule has 0 N–H and O–H groups in total. The van der Waals surface area contributed by atoms with Gasteiger partial charge in [-0.1, -0.05) is 44.9 Å². The second kappa shape index (κ2) is 6.33. The minimum Gasteiger partial charge on any atom is -0.266 e. The van der Waals surface area contributed by atoms with Crippen molar-refractivity contribution in [2.75, 3.05) is 0 Å². The number of halogens is 2. The van der Waals surface area contributed by atoms with Gasteiger partial charge in [-0.3, -0.25) is 4.79 Å². The Morgan fingerprint density at radius 1 is 1.16 bits per heavy atom. The van der Waals surface area contributed by atoms with E-state index in [-0.39, 0.29) is 11.2 Å². The van der Waals surface area contributed by atoms with Crippen LogP contribution in [-0.2, 0) is 0 Å². The molecule has 2 aromatic heterocycles. The number of nitrogens with zero attached hydrogens (tertiary/aromatic N) is 4. The molecule has 2 heterocycles. The quantitative estimate of drug-likeness (QED) is 0.361. The third-order valence-corrected chi connectivity index (χ3v) is 5.51. The summed E-state index contributed by atoms with van der Waals surface area (Å²) in [6.45, 7) is 1.75. The first-order chi connectivity index (χ1) is 12.0. The second-order valence-corrected chi connectivity index (χ2v) is 7.67. The topological polar surface area (TPSA) is 59.1 Å². The van der Waals surface area contributed by atoms with Gasteiger partial charge in [0.25, 0.3) is 5.56 Å². The van der Waals surface area contributed by atoms with Gasteiger partial charge in [0.1, 0.15) is 0 Å². The predicted molar refractivity (Wildman–Crippen MR) is 105 cm³/mol. The molecule has 8 heteroatoms. The molecule has 0 fully saturated rings. The van der Waals surface area contributed by atoms with Gasteiger partial charge in [-0.05, 0) is 43.3 Å². The number of fused-ring (bicyclic) bond motifs is 3. The number of rotatable bonds is 2. The van der Waals surface area contributed by atoms with Crippen molar-refractivity contribution in [3.8, 4) is 0 Å². The van der Waals surface area contributed by atoms with E-state index in [0.717, 1.165) is 9.17 Å². The van der Waals surface area contributed by atoms with Crippen LogP contribution in [0.5, 0.6) is 0 Å². The summed E-state index contributed by atoms with van der Waals surface area (Å²) < 4.78 is 3.36. The number of aromatic nitrogens is 2. The second-order valence-electron chi connectivity index (χ2n) is 5.33. The third-order valence-electron chi connectivity index (χ3n) is 3.67. The van der Waals surface area contributed by atoms with Gasteiger partial charge in [-0.2, -0.15) is 5.11 Å². The van der Waals surface area contributed by atoms with Crippen molar-refractivity contribution in [2.45, 2.75) is 6.92 Å². The summed E-state index contributed by atoms with van der Waals surface area (Å²) in [5.41, 5.74) is 1.78. The van der Waals surface area contributed by atoms with Crippen LogP contribution in [0, 0.1) is 6.92 Å². The fourth-order valence-corrected chi connectivity index (χ4v) is 4.15. The smallest absolute Gasteiger partial charge is 0.266 e. The normalized spacial score (nSPS) is 11.8. The number of hydrogen-bond acceptors (Lipinski definition) is 5. The molecule has 0 saturated heterocycles. The van der Waals surface area contributed by atoms with Crippen LogP contribution in [0.15, 0.2) is 62.0 Å². The fraction of sp³-hybridized carbons (Fsp3) is 0.0588. The Bertz CT molecular complexity index is 1200. The number of aryl methyl sites for hydroxylation is 1. The minimum absolute atomic E-state index is 0.208. The van der Waals surface area contributed by atoms with Crippen LogP contribution in [-0.4, -0.2) is 9.38 Å². The standard InChI is InChI=1S/C17H10BrClN4OS/c1-9-14(22-21-11-7-5-10(18)6-8-11)16(24)23-15-12(19)3-2-4-13(15)25-17(23)20-9/h2-8H,1H3. The summed E-state index contributed by atoms with van der Waals surface area (Å²) >= 11 is 11.1. The molecule has 0 spiro atoms. The van der Waals surface area contributed by atoms with Gasteiger partial charge < -0.3 is 0 Å². The molecule has 0 aliphatic carbocycles. The zero-order chi connectivity index (χ0) is 17.6. The first kappa shape index (κ1) is 16.4. The van der Waals surface area contributed by atoms with Crippen molar-refractivity contribution in [3.05, 3.63) is 68.0 Å². The van der Waals surface area contributed by atoms with E-state index in [1.54, 1.807) is 13.0 Å².